The summed E-state index contributed by atoms with van der Waals surface area (Å²) < 4.78 is 22.6. The number of hydrogen-bond acceptors (Lipinski definition) is 2. The average molecular weight is 240 g/mol. The molecule has 0 amide bonds. The van der Waals surface area contributed by atoms with E-state index in [2.05, 4.69) is 19.9 Å². The van der Waals surface area contributed by atoms with Crippen molar-refractivity contribution in [2.45, 2.75) is 32.4 Å². The van der Waals surface area contributed by atoms with Crippen molar-refractivity contribution in [3.8, 4) is 0 Å². The van der Waals surface area contributed by atoms with Crippen LogP contribution in [0.1, 0.15) is 27.7 Å². The Morgan fingerprint density at radius 3 is 2.12 bits per heavy atom. The van der Waals surface area contributed by atoms with E-state index in [0.29, 0.717) is 0 Å². The van der Waals surface area contributed by atoms with Gasteiger partial charge in [0.05, 0.1) is 0 Å². The lowest BCUT2D eigenvalue weighted by atomic mass is 9.87. The molecule has 0 aromatic carbocycles. The van der Waals surface area contributed by atoms with Gasteiger partial charge >= 0.3 is 0 Å². The van der Waals surface area contributed by atoms with Crippen LogP contribution in [0.4, 0.5) is 0 Å². The van der Waals surface area contributed by atoms with Gasteiger partial charge in [-0.25, -0.2) is 8.42 Å². The van der Waals surface area contributed by atoms with E-state index in [-0.39, 0.29) is 5.41 Å². The van der Waals surface area contributed by atoms with Crippen molar-refractivity contribution in [1.82, 2.24) is 0 Å². The molecule has 0 aliphatic heterocycles. The highest BCUT2D eigenvalue weighted by Crippen LogP contribution is 2.29. The molecule has 2 nitrogen and oxygen atoms in total. The highest BCUT2D eigenvalue weighted by Gasteiger charge is 2.31. The van der Waals surface area contributed by atoms with Gasteiger partial charge in [-0.1, -0.05) is 49.8 Å². The summed E-state index contributed by atoms with van der Waals surface area (Å²) in [6.07, 6.45) is 10.8. The number of hydrogen-bond donors (Lipinski definition) is 0. The molecule has 0 saturated carbocycles. The lowest BCUT2D eigenvalue weighted by molar-refractivity contribution is 0.581. The van der Waals surface area contributed by atoms with E-state index in [1.165, 1.54) is 6.26 Å². The van der Waals surface area contributed by atoms with Crippen molar-refractivity contribution in [2.75, 3.05) is 6.26 Å². The Hall–Kier alpha value is -0.830. The zero-order valence-corrected chi connectivity index (χ0v) is 11.4. The van der Waals surface area contributed by atoms with Crippen LogP contribution in [0, 0.1) is 5.41 Å². The molecule has 0 aromatic rings. The number of allylic oxidation sites excluding steroid dienone is 4. The van der Waals surface area contributed by atoms with E-state index in [0.717, 1.165) is 5.57 Å². The fourth-order valence-corrected chi connectivity index (χ4v) is 2.29. The maximum Gasteiger partial charge on any atom is 0.160 e. The van der Waals surface area contributed by atoms with Gasteiger partial charge < -0.3 is 0 Å². The van der Waals surface area contributed by atoms with E-state index in [1.54, 1.807) is 19.1 Å². The molecule has 0 heterocycles. The van der Waals surface area contributed by atoms with Crippen LogP contribution in [0.25, 0.3) is 0 Å². The Morgan fingerprint density at radius 2 is 1.62 bits per heavy atom. The van der Waals surface area contributed by atoms with Gasteiger partial charge in [0, 0.05) is 11.7 Å². The summed E-state index contributed by atoms with van der Waals surface area (Å²) in [7, 11) is -3.14. The molecule has 1 aliphatic rings. The maximum atomic E-state index is 11.8. The fourth-order valence-electron chi connectivity index (χ4n) is 1.66. The first-order valence-electron chi connectivity index (χ1n) is 5.34. The first kappa shape index (κ1) is 13.2. The van der Waals surface area contributed by atoms with Crippen LogP contribution >= 0.6 is 0 Å². The Balaban J connectivity index is 3.36. The Morgan fingerprint density at radius 1 is 1.06 bits per heavy atom. The molecule has 1 atom stereocenters. The minimum Gasteiger partial charge on any atom is -0.228 e. The van der Waals surface area contributed by atoms with Crippen molar-refractivity contribution in [2.24, 2.45) is 5.41 Å². The van der Waals surface area contributed by atoms with Crippen molar-refractivity contribution in [1.29, 1.82) is 0 Å². The number of rotatable bonds is 1. The average Bonchev–Trinajstić information content (AvgIpc) is 2.07. The van der Waals surface area contributed by atoms with E-state index in [1.807, 2.05) is 19.1 Å². The molecule has 0 fully saturated rings. The first-order valence-corrected chi connectivity index (χ1v) is 7.24. The van der Waals surface area contributed by atoms with Crippen LogP contribution in [-0.2, 0) is 9.84 Å². The quantitative estimate of drug-likeness (QED) is 0.660. The van der Waals surface area contributed by atoms with Gasteiger partial charge in [0.25, 0.3) is 0 Å². The predicted molar refractivity (Wildman–Crippen MR) is 69.1 cm³/mol. The SMILES string of the molecule is CC1=CC(C)(C)/C=C\C(C)(S(C)(=O)=O)C=C1. The van der Waals surface area contributed by atoms with E-state index in [9.17, 15) is 8.42 Å². The molecule has 16 heavy (non-hydrogen) atoms. The van der Waals surface area contributed by atoms with Crippen LogP contribution in [0.15, 0.2) is 36.0 Å². The zero-order valence-electron chi connectivity index (χ0n) is 10.6. The van der Waals surface area contributed by atoms with E-state index < -0.39 is 14.6 Å². The third kappa shape index (κ3) is 2.85. The molecule has 0 spiro atoms. The molecule has 1 aliphatic carbocycles. The van der Waals surface area contributed by atoms with Crippen LogP contribution in [0.5, 0.6) is 0 Å². The largest absolute Gasteiger partial charge is 0.228 e. The normalized spacial score (nSPS) is 31.4. The molecule has 90 valence electrons. The minimum atomic E-state index is -3.14. The number of sulfone groups is 1. The molecule has 0 radical (unpaired) electrons. The smallest absolute Gasteiger partial charge is 0.160 e. The molecule has 0 saturated heterocycles. The molecule has 0 bridgehead atoms. The standard InChI is InChI=1S/C13H20O2S/c1-11-6-7-13(4,16(5,14)15)9-8-12(2,3)10-11/h6-10H,1-5H3/b7-6?,9-8-,11-10?. The molecule has 0 N–H and O–H groups in total. The summed E-state index contributed by atoms with van der Waals surface area (Å²) in [5.41, 5.74) is 0.977. The highest BCUT2D eigenvalue weighted by atomic mass is 32.2. The summed E-state index contributed by atoms with van der Waals surface area (Å²) in [5, 5.41) is 0. The maximum absolute atomic E-state index is 11.8. The third-order valence-electron chi connectivity index (χ3n) is 2.92. The second-order valence-electron chi connectivity index (χ2n) is 5.33. The molecule has 1 unspecified atom stereocenters. The van der Waals surface area contributed by atoms with Crippen LogP contribution < -0.4 is 0 Å². The summed E-state index contributed by atoms with van der Waals surface area (Å²) in [6.45, 7) is 7.84. The fraction of sp³-hybridized carbons (Fsp3) is 0.538. The molecule has 1 rings (SSSR count). The van der Waals surface area contributed by atoms with Gasteiger partial charge in [-0.05, 0) is 13.8 Å². The van der Waals surface area contributed by atoms with E-state index >= 15 is 0 Å². The van der Waals surface area contributed by atoms with Gasteiger partial charge in [0.2, 0.25) is 0 Å². The lowest BCUT2D eigenvalue weighted by Gasteiger charge is -2.25. The summed E-state index contributed by atoms with van der Waals surface area (Å²) in [5.74, 6) is 0. The molecule has 0 aromatic heterocycles. The van der Waals surface area contributed by atoms with Gasteiger partial charge in [0.15, 0.2) is 9.84 Å². The summed E-state index contributed by atoms with van der Waals surface area (Å²) in [6, 6.07) is 0. The van der Waals surface area contributed by atoms with Gasteiger partial charge in [-0.2, -0.15) is 0 Å². The second-order valence-corrected chi connectivity index (χ2v) is 7.76. The van der Waals surface area contributed by atoms with Crippen molar-refractivity contribution in [3.05, 3.63) is 36.0 Å². The van der Waals surface area contributed by atoms with Gasteiger partial charge in [-0.3, -0.25) is 0 Å². The van der Waals surface area contributed by atoms with E-state index in [4.69, 9.17) is 0 Å². The third-order valence-corrected chi connectivity index (χ3v) is 4.79. The van der Waals surface area contributed by atoms with Crippen LogP contribution in [0.3, 0.4) is 0 Å². The zero-order chi connectivity index (χ0) is 12.6. The Kier molecular flexibility index (Phi) is 3.21. The van der Waals surface area contributed by atoms with Gasteiger partial charge in [0.1, 0.15) is 4.75 Å². The monoisotopic (exact) mass is 240 g/mol. The van der Waals surface area contributed by atoms with Crippen LogP contribution in [0.2, 0.25) is 0 Å². The minimum absolute atomic E-state index is 0.110. The summed E-state index contributed by atoms with van der Waals surface area (Å²) >= 11 is 0. The lowest BCUT2D eigenvalue weighted by Crippen LogP contribution is -2.31. The summed E-state index contributed by atoms with van der Waals surface area (Å²) in [4.78, 5) is 0. The Bertz CT molecular complexity index is 464. The topological polar surface area (TPSA) is 34.1 Å². The first-order chi connectivity index (χ1) is 7.06. The highest BCUT2D eigenvalue weighted by molar-refractivity contribution is 7.92. The van der Waals surface area contributed by atoms with Crippen molar-refractivity contribution in [3.63, 3.8) is 0 Å². The second kappa shape index (κ2) is 3.88. The van der Waals surface area contributed by atoms with Crippen molar-refractivity contribution >= 4 is 9.84 Å². The predicted octanol–water partition coefficient (Wildman–Crippen LogP) is 2.89. The Labute approximate surface area is 98.7 Å². The van der Waals surface area contributed by atoms with Gasteiger partial charge in [-0.15, -0.1) is 0 Å². The van der Waals surface area contributed by atoms with Crippen LogP contribution in [-0.4, -0.2) is 19.4 Å². The van der Waals surface area contributed by atoms with Crippen molar-refractivity contribution < 1.29 is 8.42 Å². The molecular weight excluding hydrogens is 220 g/mol. The molecular formula is C13H20O2S. The molecule has 3 heteroatoms.